The van der Waals surface area contributed by atoms with Gasteiger partial charge in [0.05, 0.1) is 22.0 Å². The van der Waals surface area contributed by atoms with Crippen LogP contribution in [0, 0.1) is 20.8 Å². The number of rotatable bonds is 10. The van der Waals surface area contributed by atoms with Gasteiger partial charge < -0.3 is 9.29 Å². The highest BCUT2D eigenvalue weighted by Gasteiger charge is 2.23. The molecule has 6 rings (SSSR count). The van der Waals surface area contributed by atoms with Gasteiger partial charge in [0.15, 0.2) is 5.75 Å². The Labute approximate surface area is 310 Å². The molecule has 0 saturated heterocycles. The van der Waals surface area contributed by atoms with Gasteiger partial charge in [0.25, 0.3) is 20.2 Å². The summed E-state index contributed by atoms with van der Waals surface area (Å²) in [5.74, 6) is -0.547. The molecule has 17 heteroatoms. The fourth-order valence-corrected chi connectivity index (χ4v) is 7.58. The van der Waals surface area contributed by atoms with E-state index in [1.54, 1.807) is 48.5 Å². The maximum atomic E-state index is 12.6. The third kappa shape index (κ3) is 8.35. The normalized spacial score (nSPS) is 12.5. The summed E-state index contributed by atoms with van der Waals surface area (Å²) in [6, 6.07) is 27.1. The third-order valence-electron chi connectivity index (χ3n) is 8.21. The van der Waals surface area contributed by atoms with E-state index < -0.39 is 51.6 Å². The number of phenols is 1. The molecule has 0 heterocycles. The van der Waals surface area contributed by atoms with E-state index in [0.717, 1.165) is 52.1 Å². The first-order valence-electron chi connectivity index (χ1n) is 15.8. The van der Waals surface area contributed by atoms with Gasteiger partial charge >= 0.3 is 10.1 Å². The van der Waals surface area contributed by atoms with Crippen LogP contribution in [0.4, 0.5) is 22.7 Å². The number of benzene rings is 6. The molecule has 0 saturated carbocycles. The van der Waals surface area contributed by atoms with Crippen molar-refractivity contribution >= 4 is 63.9 Å². The minimum atomic E-state index is -4.96. The monoisotopic (exact) mass is 786 g/mol. The molecule has 0 fully saturated rings. The first-order valence-corrected chi connectivity index (χ1v) is 20.1. The first kappa shape index (κ1) is 37.9. The smallest absolute Gasteiger partial charge is 0.339 e. The maximum Gasteiger partial charge on any atom is 0.339 e. The number of phenolic OH excluding ortho intramolecular Hbond substituents is 1. The molecule has 0 spiro atoms. The zero-order valence-electron chi connectivity index (χ0n) is 28.6. The predicted molar refractivity (Wildman–Crippen MR) is 200 cm³/mol. The van der Waals surface area contributed by atoms with Crippen LogP contribution < -0.4 is 4.18 Å². The summed E-state index contributed by atoms with van der Waals surface area (Å²) in [5, 5.41) is 27.4. The average Bonchev–Trinajstić information content (AvgIpc) is 3.10. The SMILES string of the molecule is Cc1ccc(S(=O)(=O)Oc2ccc(N=Nc3ccc(-c4ccc(N=Nc5c(S(=O)(=O)O)cc6cc(S(=O)(=O)O)ccc6c5O)cc4C)c(C)c3)cc2)cc1. The van der Waals surface area contributed by atoms with Gasteiger partial charge in [-0.2, -0.15) is 40.6 Å². The summed E-state index contributed by atoms with van der Waals surface area (Å²) in [5.41, 5.74) is 5.10. The van der Waals surface area contributed by atoms with Crippen molar-refractivity contribution in [2.24, 2.45) is 20.5 Å². The summed E-state index contributed by atoms with van der Waals surface area (Å²) in [4.78, 5) is -1.31. The van der Waals surface area contributed by atoms with Crippen molar-refractivity contribution in [3.05, 3.63) is 126 Å². The van der Waals surface area contributed by atoms with Crippen LogP contribution in [0.15, 0.2) is 144 Å². The number of hydrogen-bond acceptors (Lipinski definition) is 12. The highest BCUT2D eigenvalue weighted by atomic mass is 32.2. The van der Waals surface area contributed by atoms with Gasteiger partial charge in [-0.05, 0) is 133 Å². The van der Waals surface area contributed by atoms with Crippen molar-refractivity contribution in [2.45, 2.75) is 35.5 Å². The van der Waals surface area contributed by atoms with Gasteiger partial charge in [-0.25, -0.2) is 0 Å². The Morgan fingerprint density at radius 3 is 1.59 bits per heavy atom. The number of aromatic hydroxyl groups is 1. The molecule has 54 heavy (non-hydrogen) atoms. The summed E-state index contributed by atoms with van der Waals surface area (Å²) in [6.45, 7) is 5.60. The summed E-state index contributed by atoms with van der Waals surface area (Å²) < 4.78 is 97.2. The van der Waals surface area contributed by atoms with E-state index in [-0.39, 0.29) is 21.4 Å². The lowest BCUT2D eigenvalue weighted by Crippen LogP contribution is -2.09. The highest BCUT2D eigenvalue weighted by Crippen LogP contribution is 2.42. The second kappa shape index (κ2) is 14.5. The number of hydrogen-bond donors (Lipinski definition) is 3. The van der Waals surface area contributed by atoms with E-state index in [1.807, 2.05) is 32.9 Å². The van der Waals surface area contributed by atoms with Crippen molar-refractivity contribution in [3.8, 4) is 22.6 Å². The molecular weight excluding hydrogens is 757 g/mol. The number of aryl methyl sites for hydroxylation is 3. The number of azo groups is 2. The van der Waals surface area contributed by atoms with Crippen molar-refractivity contribution in [2.75, 3.05) is 0 Å². The lowest BCUT2D eigenvalue weighted by Gasteiger charge is -2.11. The fourth-order valence-electron chi connectivity index (χ4n) is 5.48. The average molecular weight is 787 g/mol. The molecule has 0 amide bonds. The Morgan fingerprint density at radius 1 is 0.537 bits per heavy atom. The lowest BCUT2D eigenvalue weighted by atomic mass is 9.96. The minimum absolute atomic E-state index is 0.00319. The van der Waals surface area contributed by atoms with Gasteiger partial charge in [-0.15, -0.1) is 5.11 Å². The van der Waals surface area contributed by atoms with Gasteiger partial charge in [0.2, 0.25) is 0 Å². The molecule has 0 aliphatic carbocycles. The van der Waals surface area contributed by atoms with E-state index in [1.165, 1.54) is 24.3 Å². The second-order valence-corrected chi connectivity index (χ2v) is 16.5. The molecule has 3 N–H and O–H groups in total. The van der Waals surface area contributed by atoms with Gasteiger partial charge in [0.1, 0.15) is 21.2 Å². The van der Waals surface area contributed by atoms with Crippen LogP contribution in [0.5, 0.6) is 11.5 Å². The maximum absolute atomic E-state index is 12.6. The lowest BCUT2D eigenvalue weighted by molar-refractivity contribution is 0.472. The Morgan fingerprint density at radius 2 is 1.06 bits per heavy atom. The number of nitrogens with zero attached hydrogens (tertiary/aromatic N) is 4. The van der Waals surface area contributed by atoms with E-state index in [9.17, 15) is 39.5 Å². The van der Waals surface area contributed by atoms with Gasteiger partial charge in [0, 0.05) is 5.39 Å². The highest BCUT2D eigenvalue weighted by molar-refractivity contribution is 7.87. The van der Waals surface area contributed by atoms with E-state index >= 15 is 0 Å². The van der Waals surface area contributed by atoms with Gasteiger partial charge in [-0.1, -0.05) is 29.8 Å². The molecule has 14 nitrogen and oxygen atoms in total. The van der Waals surface area contributed by atoms with Crippen LogP contribution in [0.25, 0.3) is 21.9 Å². The molecule has 276 valence electrons. The molecule has 0 bridgehead atoms. The Bertz CT molecular complexity index is 2840. The van der Waals surface area contributed by atoms with Crippen LogP contribution in [0.3, 0.4) is 0 Å². The minimum Gasteiger partial charge on any atom is -0.505 e. The van der Waals surface area contributed by atoms with Crippen LogP contribution in [-0.2, 0) is 30.4 Å². The molecule has 0 aliphatic rings. The van der Waals surface area contributed by atoms with E-state index in [2.05, 4.69) is 20.5 Å². The third-order valence-corrected chi connectivity index (χ3v) is 11.2. The fraction of sp³-hybridized carbons (Fsp3) is 0.0811. The van der Waals surface area contributed by atoms with Crippen LogP contribution in [0.1, 0.15) is 16.7 Å². The molecule has 6 aromatic rings. The van der Waals surface area contributed by atoms with Crippen molar-refractivity contribution in [3.63, 3.8) is 0 Å². The van der Waals surface area contributed by atoms with E-state index in [0.29, 0.717) is 17.1 Å². The van der Waals surface area contributed by atoms with Crippen LogP contribution in [0.2, 0.25) is 0 Å². The van der Waals surface area contributed by atoms with Gasteiger partial charge in [-0.3, -0.25) is 9.11 Å². The topological polar surface area (TPSA) is 222 Å². The molecule has 0 unspecified atom stereocenters. The number of fused-ring (bicyclic) bond motifs is 1. The zero-order valence-corrected chi connectivity index (χ0v) is 31.1. The molecule has 0 aromatic heterocycles. The second-order valence-electron chi connectivity index (χ2n) is 12.1. The van der Waals surface area contributed by atoms with Crippen molar-refractivity contribution in [1.29, 1.82) is 0 Å². The summed E-state index contributed by atoms with van der Waals surface area (Å²) >= 11 is 0. The summed E-state index contributed by atoms with van der Waals surface area (Å²) in [6.07, 6.45) is 0. The molecule has 0 atom stereocenters. The molecule has 6 aromatic carbocycles. The van der Waals surface area contributed by atoms with Crippen molar-refractivity contribution in [1.82, 2.24) is 0 Å². The zero-order chi connectivity index (χ0) is 39.0. The summed E-state index contributed by atoms with van der Waals surface area (Å²) in [7, 11) is -13.6. The quantitative estimate of drug-likeness (QED) is 0.0678. The first-order chi connectivity index (χ1) is 25.4. The predicted octanol–water partition coefficient (Wildman–Crippen LogP) is 9.23. The standard InChI is InChI=1S/C37H30N4O10S3/c1-22-4-12-30(13-5-22)54(49,50)51-29-10-6-26(7-11-29)38-39-27-8-15-32(23(2)18-27)33-16-9-28(19-24(33)3)40-41-36-35(53(46,47)48)21-25-20-31(52(43,44)45)14-17-34(25)37(36)42/h4-21,42H,1-3H3,(H,43,44,45)(H,46,47,48). The van der Waals surface area contributed by atoms with Crippen molar-refractivity contribution < 1.29 is 43.6 Å². The van der Waals surface area contributed by atoms with Crippen LogP contribution in [-0.4, -0.2) is 39.5 Å². The Balaban J connectivity index is 1.19. The largest absolute Gasteiger partial charge is 0.505 e. The van der Waals surface area contributed by atoms with E-state index in [4.69, 9.17) is 4.18 Å². The molecule has 0 radical (unpaired) electrons. The van der Waals surface area contributed by atoms with Crippen LogP contribution >= 0.6 is 0 Å². The molecular formula is C37H30N4O10S3. The molecule has 0 aliphatic heterocycles. The Hall–Kier alpha value is -5.85. The Kier molecular flexibility index (Phi) is 10.2.